The van der Waals surface area contributed by atoms with Crippen LogP contribution in [0, 0.1) is 0 Å². The van der Waals surface area contributed by atoms with Gasteiger partial charge in [0.15, 0.2) is 11.5 Å². The van der Waals surface area contributed by atoms with Crippen molar-refractivity contribution in [2.24, 2.45) is 0 Å². The predicted octanol–water partition coefficient (Wildman–Crippen LogP) is 2.90. The van der Waals surface area contributed by atoms with Gasteiger partial charge in [0.1, 0.15) is 0 Å². The smallest absolute Gasteiger partial charge is 0.244 e. The average Bonchev–Trinajstić information content (AvgIpc) is 2.91. The normalized spacial score (nSPS) is 14.9. The maximum Gasteiger partial charge on any atom is 0.244 e. The van der Waals surface area contributed by atoms with Crippen molar-refractivity contribution in [3.05, 3.63) is 42.0 Å². The van der Waals surface area contributed by atoms with Crippen LogP contribution in [0.1, 0.15) is 25.8 Å². The highest BCUT2D eigenvalue weighted by atomic mass is 16.7. The van der Waals surface area contributed by atoms with Gasteiger partial charge in [0.25, 0.3) is 0 Å². The fourth-order valence-electron chi connectivity index (χ4n) is 1.72. The SMILES string of the molecule is CC[C@H](C)NC(=O)C=CC=Cc1ccc2c(c1)OCO2. The second-order valence-electron chi connectivity index (χ2n) is 4.65. The van der Waals surface area contributed by atoms with E-state index in [2.05, 4.69) is 5.32 Å². The molecule has 1 N–H and O–H groups in total. The van der Waals surface area contributed by atoms with Crippen molar-refractivity contribution < 1.29 is 14.3 Å². The van der Waals surface area contributed by atoms with Gasteiger partial charge in [-0.1, -0.05) is 31.2 Å². The number of benzene rings is 1. The van der Waals surface area contributed by atoms with E-state index in [0.29, 0.717) is 0 Å². The number of carbonyl (C=O) groups excluding carboxylic acids is 1. The topological polar surface area (TPSA) is 47.6 Å². The number of rotatable bonds is 5. The summed E-state index contributed by atoms with van der Waals surface area (Å²) in [6.07, 6.45) is 7.91. The molecule has 1 amide bonds. The summed E-state index contributed by atoms with van der Waals surface area (Å²) in [5, 5.41) is 2.87. The third kappa shape index (κ3) is 3.88. The Morgan fingerprint density at radius 1 is 1.35 bits per heavy atom. The van der Waals surface area contributed by atoms with Crippen molar-refractivity contribution in [1.29, 1.82) is 0 Å². The number of amides is 1. The molecular weight excluding hydrogens is 254 g/mol. The van der Waals surface area contributed by atoms with Crippen molar-refractivity contribution in [3.8, 4) is 11.5 Å². The van der Waals surface area contributed by atoms with Gasteiger partial charge in [-0.05, 0) is 31.0 Å². The molecule has 0 bridgehead atoms. The van der Waals surface area contributed by atoms with E-state index in [-0.39, 0.29) is 18.7 Å². The van der Waals surface area contributed by atoms with Gasteiger partial charge in [-0.25, -0.2) is 0 Å². The molecule has 2 rings (SSSR count). The molecule has 1 aromatic carbocycles. The summed E-state index contributed by atoms with van der Waals surface area (Å²) in [6.45, 7) is 4.29. The Balaban J connectivity index is 1.88. The molecule has 0 unspecified atom stereocenters. The summed E-state index contributed by atoms with van der Waals surface area (Å²) >= 11 is 0. The van der Waals surface area contributed by atoms with E-state index in [4.69, 9.17) is 9.47 Å². The van der Waals surface area contributed by atoms with Gasteiger partial charge in [0.2, 0.25) is 12.7 Å². The molecule has 1 heterocycles. The zero-order valence-corrected chi connectivity index (χ0v) is 11.8. The Morgan fingerprint density at radius 2 is 2.15 bits per heavy atom. The summed E-state index contributed by atoms with van der Waals surface area (Å²) < 4.78 is 10.5. The number of hydrogen-bond acceptors (Lipinski definition) is 3. The summed E-state index contributed by atoms with van der Waals surface area (Å²) in [4.78, 5) is 11.5. The van der Waals surface area contributed by atoms with Crippen LogP contribution in [-0.2, 0) is 4.79 Å². The van der Waals surface area contributed by atoms with Crippen molar-refractivity contribution in [3.63, 3.8) is 0 Å². The number of fused-ring (bicyclic) bond motifs is 1. The lowest BCUT2D eigenvalue weighted by Gasteiger charge is -2.07. The Labute approximate surface area is 119 Å². The lowest BCUT2D eigenvalue weighted by Crippen LogP contribution is -2.30. The van der Waals surface area contributed by atoms with Gasteiger partial charge in [-0.15, -0.1) is 0 Å². The van der Waals surface area contributed by atoms with E-state index in [1.807, 2.05) is 44.2 Å². The molecular formula is C16H19NO3. The molecule has 0 spiro atoms. The molecule has 0 radical (unpaired) electrons. The molecule has 1 aliphatic heterocycles. The molecule has 0 fully saturated rings. The van der Waals surface area contributed by atoms with Gasteiger partial charge in [0.05, 0.1) is 0 Å². The number of hydrogen-bond donors (Lipinski definition) is 1. The van der Waals surface area contributed by atoms with Gasteiger partial charge >= 0.3 is 0 Å². The molecule has 20 heavy (non-hydrogen) atoms. The van der Waals surface area contributed by atoms with Crippen LogP contribution >= 0.6 is 0 Å². The summed E-state index contributed by atoms with van der Waals surface area (Å²) in [5.41, 5.74) is 1.00. The third-order valence-electron chi connectivity index (χ3n) is 3.05. The first-order valence-corrected chi connectivity index (χ1v) is 6.74. The van der Waals surface area contributed by atoms with Crippen LogP contribution in [-0.4, -0.2) is 18.7 Å². The van der Waals surface area contributed by atoms with Crippen LogP contribution in [0.15, 0.2) is 36.4 Å². The average molecular weight is 273 g/mol. The Hall–Kier alpha value is -2.23. The number of carbonyl (C=O) groups is 1. The molecule has 106 valence electrons. The molecule has 4 nitrogen and oxygen atoms in total. The first kappa shape index (κ1) is 14.2. The molecule has 0 aliphatic carbocycles. The van der Waals surface area contributed by atoms with Crippen LogP contribution in [0.3, 0.4) is 0 Å². The van der Waals surface area contributed by atoms with Crippen molar-refractivity contribution >= 4 is 12.0 Å². The first-order valence-electron chi connectivity index (χ1n) is 6.74. The van der Waals surface area contributed by atoms with Gasteiger partial charge < -0.3 is 14.8 Å². The zero-order valence-electron chi connectivity index (χ0n) is 11.8. The van der Waals surface area contributed by atoms with Gasteiger partial charge in [0, 0.05) is 12.1 Å². The molecule has 4 heteroatoms. The minimum Gasteiger partial charge on any atom is -0.454 e. The zero-order chi connectivity index (χ0) is 14.4. The molecule has 0 saturated heterocycles. The summed E-state index contributed by atoms with van der Waals surface area (Å²) in [5.74, 6) is 1.45. The highest BCUT2D eigenvalue weighted by Crippen LogP contribution is 2.32. The van der Waals surface area contributed by atoms with Gasteiger partial charge in [-0.3, -0.25) is 4.79 Å². The minimum atomic E-state index is -0.0744. The van der Waals surface area contributed by atoms with E-state index in [1.54, 1.807) is 6.08 Å². The molecule has 0 aromatic heterocycles. The van der Waals surface area contributed by atoms with Crippen molar-refractivity contribution in [2.45, 2.75) is 26.3 Å². The highest BCUT2D eigenvalue weighted by molar-refractivity contribution is 5.88. The standard InChI is InChI=1S/C16H19NO3/c1-3-12(2)17-16(18)7-5-4-6-13-8-9-14-15(10-13)20-11-19-14/h4-10,12H,3,11H2,1-2H3,(H,17,18)/t12-/m0/s1. The maximum atomic E-state index is 11.5. The Bertz CT molecular complexity index is 535. The van der Waals surface area contributed by atoms with E-state index < -0.39 is 0 Å². The summed E-state index contributed by atoms with van der Waals surface area (Å²) in [7, 11) is 0. The molecule has 1 aromatic rings. The van der Waals surface area contributed by atoms with E-state index >= 15 is 0 Å². The minimum absolute atomic E-state index is 0.0744. The fourth-order valence-corrected chi connectivity index (χ4v) is 1.72. The Kier molecular flexibility index (Phi) is 4.82. The maximum absolute atomic E-state index is 11.5. The van der Waals surface area contributed by atoms with E-state index in [9.17, 15) is 4.79 Å². The Morgan fingerprint density at radius 3 is 2.95 bits per heavy atom. The number of nitrogens with one attached hydrogen (secondary N) is 1. The van der Waals surface area contributed by atoms with Crippen LogP contribution in [0.4, 0.5) is 0 Å². The number of ether oxygens (including phenoxy) is 2. The molecule has 1 atom stereocenters. The predicted molar refractivity (Wildman–Crippen MR) is 78.6 cm³/mol. The van der Waals surface area contributed by atoms with Crippen molar-refractivity contribution in [2.75, 3.05) is 6.79 Å². The summed E-state index contributed by atoms with van der Waals surface area (Å²) in [6, 6.07) is 5.93. The van der Waals surface area contributed by atoms with Gasteiger partial charge in [-0.2, -0.15) is 0 Å². The quantitative estimate of drug-likeness (QED) is 0.663. The number of allylic oxidation sites excluding steroid dienone is 2. The molecule has 1 aliphatic rings. The monoisotopic (exact) mass is 273 g/mol. The second kappa shape index (κ2) is 6.80. The fraction of sp³-hybridized carbons (Fsp3) is 0.312. The van der Waals surface area contributed by atoms with Crippen LogP contribution in [0.5, 0.6) is 11.5 Å². The second-order valence-corrected chi connectivity index (χ2v) is 4.65. The lowest BCUT2D eigenvalue weighted by molar-refractivity contribution is -0.117. The van der Waals surface area contributed by atoms with Crippen LogP contribution in [0.25, 0.3) is 6.08 Å². The highest BCUT2D eigenvalue weighted by Gasteiger charge is 2.11. The third-order valence-corrected chi connectivity index (χ3v) is 3.05. The molecule has 0 saturated carbocycles. The van der Waals surface area contributed by atoms with Crippen LogP contribution < -0.4 is 14.8 Å². The van der Waals surface area contributed by atoms with E-state index in [1.165, 1.54) is 6.08 Å². The first-order chi connectivity index (χ1) is 9.69. The largest absolute Gasteiger partial charge is 0.454 e. The lowest BCUT2D eigenvalue weighted by atomic mass is 10.2. The van der Waals surface area contributed by atoms with E-state index in [0.717, 1.165) is 23.5 Å². The van der Waals surface area contributed by atoms with Crippen molar-refractivity contribution in [1.82, 2.24) is 5.32 Å². The van der Waals surface area contributed by atoms with Crippen LogP contribution in [0.2, 0.25) is 0 Å².